The van der Waals surface area contributed by atoms with Crippen molar-refractivity contribution in [1.82, 2.24) is 0 Å². The molecule has 0 aliphatic carbocycles. The molecule has 1 aromatic rings. The molecule has 0 spiro atoms. The number of carbonyl (C=O) groups excluding carboxylic acids is 2. The number of hydrogen-bond acceptors (Lipinski definition) is 3. The molecule has 5 heteroatoms. The minimum Gasteiger partial charge on any atom is -0.450 e. The monoisotopic (exact) mass is 285 g/mol. The lowest BCUT2D eigenvalue weighted by Crippen LogP contribution is -2.13. The van der Waals surface area contributed by atoms with Crippen molar-refractivity contribution >= 4 is 33.5 Å². The summed E-state index contributed by atoms with van der Waals surface area (Å²) in [5.41, 5.74) is 1.09. The highest BCUT2D eigenvalue weighted by Gasteiger charge is 2.06. The van der Waals surface area contributed by atoms with E-state index in [1.807, 2.05) is 0 Å². The van der Waals surface area contributed by atoms with E-state index in [0.29, 0.717) is 17.9 Å². The molecule has 0 bridgehead atoms. The number of ketones is 1. The van der Waals surface area contributed by atoms with Gasteiger partial charge in [0.1, 0.15) is 0 Å². The van der Waals surface area contributed by atoms with Crippen molar-refractivity contribution in [1.29, 1.82) is 0 Å². The van der Waals surface area contributed by atoms with Crippen LogP contribution in [0.2, 0.25) is 0 Å². The molecular formula is C11H12BrNO3. The van der Waals surface area contributed by atoms with Crippen LogP contribution in [0, 0.1) is 0 Å². The van der Waals surface area contributed by atoms with Crippen molar-refractivity contribution in [2.75, 3.05) is 17.3 Å². The van der Waals surface area contributed by atoms with Crippen LogP contribution >= 0.6 is 15.9 Å². The predicted octanol–water partition coefficient (Wildman–Crippen LogP) is 2.83. The van der Waals surface area contributed by atoms with E-state index < -0.39 is 6.09 Å². The van der Waals surface area contributed by atoms with Gasteiger partial charge in [-0.25, -0.2) is 4.79 Å². The summed E-state index contributed by atoms with van der Waals surface area (Å²) in [6.07, 6.45) is -0.522. The van der Waals surface area contributed by atoms with E-state index in [2.05, 4.69) is 21.2 Å². The normalized spacial score (nSPS) is 9.62. The Hall–Kier alpha value is -1.36. The molecule has 0 heterocycles. The van der Waals surface area contributed by atoms with E-state index in [4.69, 9.17) is 4.74 Å². The second-order valence-electron chi connectivity index (χ2n) is 2.98. The van der Waals surface area contributed by atoms with Crippen LogP contribution in [0.25, 0.3) is 0 Å². The lowest BCUT2D eigenvalue weighted by molar-refractivity contribution is 0.102. The summed E-state index contributed by atoms with van der Waals surface area (Å²) in [7, 11) is 0. The number of rotatable bonds is 4. The number of nitrogens with one attached hydrogen (secondary N) is 1. The van der Waals surface area contributed by atoms with Crippen LogP contribution in [-0.4, -0.2) is 23.8 Å². The number of alkyl halides is 1. The molecule has 0 radical (unpaired) electrons. The van der Waals surface area contributed by atoms with Gasteiger partial charge < -0.3 is 4.74 Å². The Bertz CT molecular complexity index is 393. The fraction of sp³-hybridized carbons (Fsp3) is 0.273. The number of anilines is 1. The van der Waals surface area contributed by atoms with Crippen molar-refractivity contribution in [3.8, 4) is 0 Å². The molecule has 0 fully saturated rings. The van der Waals surface area contributed by atoms with E-state index in [0.717, 1.165) is 0 Å². The molecule has 4 nitrogen and oxygen atoms in total. The first-order chi connectivity index (χ1) is 7.67. The fourth-order valence-electron chi connectivity index (χ4n) is 1.13. The van der Waals surface area contributed by atoms with Crippen LogP contribution < -0.4 is 5.32 Å². The van der Waals surface area contributed by atoms with Gasteiger partial charge in [-0.2, -0.15) is 0 Å². The minimum absolute atomic E-state index is 0.0347. The third-order valence-corrected chi connectivity index (χ3v) is 2.34. The third-order valence-electron chi connectivity index (χ3n) is 1.83. The second-order valence-corrected chi connectivity index (χ2v) is 3.54. The van der Waals surface area contributed by atoms with Crippen molar-refractivity contribution < 1.29 is 14.3 Å². The maximum absolute atomic E-state index is 11.4. The third kappa shape index (κ3) is 3.66. The molecule has 1 N–H and O–H groups in total. The van der Waals surface area contributed by atoms with E-state index >= 15 is 0 Å². The van der Waals surface area contributed by atoms with Crippen molar-refractivity contribution in [2.24, 2.45) is 0 Å². The number of benzene rings is 1. The van der Waals surface area contributed by atoms with Crippen molar-refractivity contribution in [3.05, 3.63) is 29.8 Å². The summed E-state index contributed by atoms with van der Waals surface area (Å²) >= 11 is 3.09. The van der Waals surface area contributed by atoms with Gasteiger partial charge in [0.2, 0.25) is 0 Å². The van der Waals surface area contributed by atoms with Gasteiger partial charge in [-0.05, 0) is 19.1 Å². The van der Waals surface area contributed by atoms with Crippen LogP contribution in [0.5, 0.6) is 0 Å². The molecule has 0 aliphatic rings. The highest BCUT2D eigenvalue weighted by molar-refractivity contribution is 9.09. The number of ether oxygens (including phenoxy) is 1. The Morgan fingerprint density at radius 1 is 1.44 bits per heavy atom. The van der Waals surface area contributed by atoms with Crippen LogP contribution in [-0.2, 0) is 4.74 Å². The summed E-state index contributed by atoms with van der Waals surface area (Å²) in [5, 5.41) is 2.79. The van der Waals surface area contributed by atoms with E-state index in [9.17, 15) is 9.59 Å². The highest BCUT2D eigenvalue weighted by atomic mass is 79.9. The molecular weight excluding hydrogens is 274 g/mol. The maximum atomic E-state index is 11.4. The molecule has 0 atom stereocenters. The Kier molecular flexibility index (Phi) is 4.98. The van der Waals surface area contributed by atoms with Gasteiger partial charge in [-0.1, -0.05) is 28.1 Å². The lowest BCUT2D eigenvalue weighted by atomic mass is 10.1. The molecule has 0 saturated carbocycles. The molecule has 16 heavy (non-hydrogen) atoms. The Labute approximate surface area is 102 Å². The fourth-order valence-corrected chi connectivity index (χ4v) is 1.46. The van der Waals surface area contributed by atoms with Crippen LogP contribution in [0.4, 0.5) is 10.5 Å². The first kappa shape index (κ1) is 12.7. The molecule has 0 unspecified atom stereocenters. The van der Waals surface area contributed by atoms with Crippen molar-refractivity contribution in [2.45, 2.75) is 6.92 Å². The first-order valence-electron chi connectivity index (χ1n) is 4.80. The minimum atomic E-state index is -0.522. The highest BCUT2D eigenvalue weighted by Crippen LogP contribution is 2.12. The summed E-state index contributed by atoms with van der Waals surface area (Å²) in [5.74, 6) is -0.0347. The average molecular weight is 286 g/mol. The zero-order chi connectivity index (χ0) is 12.0. The Morgan fingerprint density at radius 3 is 2.81 bits per heavy atom. The quantitative estimate of drug-likeness (QED) is 0.684. The van der Waals surface area contributed by atoms with Gasteiger partial charge in [-0.3, -0.25) is 10.1 Å². The van der Waals surface area contributed by atoms with Crippen LogP contribution in [0.1, 0.15) is 17.3 Å². The number of Topliss-reactive ketones (excluding diaryl/α,β-unsaturated/α-hetero) is 1. The van der Waals surface area contributed by atoms with Gasteiger partial charge in [0.15, 0.2) is 5.78 Å². The summed E-state index contributed by atoms with van der Waals surface area (Å²) < 4.78 is 4.73. The van der Waals surface area contributed by atoms with Gasteiger partial charge in [0, 0.05) is 11.3 Å². The Morgan fingerprint density at radius 2 is 2.19 bits per heavy atom. The summed E-state index contributed by atoms with van der Waals surface area (Å²) in [6.45, 7) is 2.04. The molecule has 1 aromatic carbocycles. The van der Waals surface area contributed by atoms with Crippen LogP contribution in [0.3, 0.4) is 0 Å². The number of hydrogen-bond donors (Lipinski definition) is 1. The maximum Gasteiger partial charge on any atom is 0.411 e. The molecule has 0 saturated heterocycles. The average Bonchev–Trinajstić information content (AvgIpc) is 2.28. The van der Waals surface area contributed by atoms with Gasteiger partial charge in [0.05, 0.1) is 11.9 Å². The largest absolute Gasteiger partial charge is 0.450 e. The standard InChI is InChI=1S/C11H12BrNO3/c1-2-16-11(15)13-9-5-3-4-8(6-9)10(14)7-12/h3-6H,2,7H2,1H3,(H,13,15). The lowest BCUT2D eigenvalue weighted by Gasteiger charge is -2.06. The van der Waals surface area contributed by atoms with Gasteiger partial charge in [0.25, 0.3) is 0 Å². The molecule has 86 valence electrons. The van der Waals surface area contributed by atoms with Gasteiger partial charge in [-0.15, -0.1) is 0 Å². The summed E-state index contributed by atoms with van der Waals surface area (Å²) in [4.78, 5) is 22.5. The van der Waals surface area contributed by atoms with E-state index in [-0.39, 0.29) is 11.1 Å². The Balaban J connectivity index is 2.74. The second kappa shape index (κ2) is 6.27. The zero-order valence-electron chi connectivity index (χ0n) is 8.83. The van der Waals surface area contributed by atoms with Crippen LogP contribution in [0.15, 0.2) is 24.3 Å². The smallest absolute Gasteiger partial charge is 0.411 e. The first-order valence-corrected chi connectivity index (χ1v) is 5.92. The topological polar surface area (TPSA) is 55.4 Å². The molecule has 1 amide bonds. The number of halogens is 1. The predicted molar refractivity (Wildman–Crippen MR) is 65.2 cm³/mol. The number of carbonyl (C=O) groups is 2. The number of amides is 1. The van der Waals surface area contributed by atoms with E-state index in [1.165, 1.54) is 0 Å². The van der Waals surface area contributed by atoms with E-state index in [1.54, 1.807) is 31.2 Å². The summed E-state index contributed by atoms with van der Waals surface area (Å²) in [6, 6.07) is 6.71. The van der Waals surface area contributed by atoms with Crippen molar-refractivity contribution in [3.63, 3.8) is 0 Å². The molecule has 0 aliphatic heterocycles. The zero-order valence-corrected chi connectivity index (χ0v) is 10.4. The molecule has 0 aromatic heterocycles. The van der Waals surface area contributed by atoms with Gasteiger partial charge >= 0.3 is 6.09 Å². The SMILES string of the molecule is CCOC(=O)Nc1cccc(C(=O)CBr)c1. The molecule has 1 rings (SSSR count).